The molecule has 0 bridgehead atoms. The van der Waals surface area contributed by atoms with Crippen LogP contribution in [0, 0.1) is 6.92 Å². The molecule has 26 heavy (non-hydrogen) atoms. The largest absolute Gasteiger partial charge is 0.497 e. The molecule has 1 saturated heterocycles. The fourth-order valence-electron chi connectivity index (χ4n) is 3.06. The Hall–Kier alpha value is -2.38. The maximum Gasteiger partial charge on any atom is 0.226 e. The molecule has 1 aliphatic heterocycles. The Labute approximate surface area is 157 Å². The van der Waals surface area contributed by atoms with Gasteiger partial charge < -0.3 is 14.1 Å². The second-order valence-electron chi connectivity index (χ2n) is 6.41. The minimum absolute atomic E-state index is 0.652. The molecule has 4 rings (SSSR count). The van der Waals surface area contributed by atoms with Crippen LogP contribution in [0.1, 0.15) is 11.4 Å². The normalized spacial score (nSPS) is 15.4. The molecular weight excluding hydrogens is 348 g/mol. The first kappa shape index (κ1) is 17.1. The van der Waals surface area contributed by atoms with E-state index in [0.29, 0.717) is 5.89 Å². The van der Waals surface area contributed by atoms with Crippen molar-refractivity contribution in [1.29, 1.82) is 0 Å². The van der Waals surface area contributed by atoms with Crippen molar-refractivity contribution in [3.05, 3.63) is 47.3 Å². The molecule has 3 heterocycles. The zero-order valence-electron chi connectivity index (χ0n) is 15.0. The van der Waals surface area contributed by atoms with Gasteiger partial charge in [-0.2, -0.15) is 0 Å². The molecule has 0 unspecified atom stereocenters. The molecule has 1 aromatic carbocycles. The lowest BCUT2D eigenvalue weighted by molar-refractivity contribution is 0.247. The van der Waals surface area contributed by atoms with Crippen molar-refractivity contribution >= 4 is 16.5 Å². The molecule has 0 N–H and O–H groups in total. The second-order valence-corrected chi connectivity index (χ2v) is 7.24. The smallest absolute Gasteiger partial charge is 0.226 e. The van der Waals surface area contributed by atoms with Crippen molar-refractivity contribution < 1.29 is 9.15 Å². The summed E-state index contributed by atoms with van der Waals surface area (Å²) in [5, 5.41) is 3.24. The van der Waals surface area contributed by atoms with E-state index in [1.165, 1.54) is 0 Å². The molecule has 1 aliphatic rings. The molecular formula is C19H22N4O2S. The minimum Gasteiger partial charge on any atom is -0.497 e. The molecule has 0 spiro atoms. The summed E-state index contributed by atoms with van der Waals surface area (Å²) in [4.78, 5) is 14.0. The Balaban J connectivity index is 1.34. The molecule has 0 saturated carbocycles. The lowest BCUT2D eigenvalue weighted by Gasteiger charge is -2.34. The van der Waals surface area contributed by atoms with Gasteiger partial charge in [0.05, 0.1) is 18.5 Å². The van der Waals surface area contributed by atoms with Gasteiger partial charge in [0.2, 0.25) is 5.89 Å². The number of aromatic nitrogens is 2. The van der Waals surface area contributed by atoms with E-state index in [1.807, 2.05) is 31.2 Å². The number of ether oxygens (including phenoxy) is 1. The van der Waals surface area contributed by atoms with Crippen molar-refractivity contribution in [1.82, 2.24) is 14.9 Å². The third-order valence-electron chi connectivity index (χ3n) is 4.52. The van der Waals surface area contributed by atoms with E-state index < -0.39 is 0 Å². The van der Waals surface area contributed by atoms with Gasteiger partial charge in [-0.05, 0) is 31.2 Å². The van der Waals surface area contributed by atoms with E-state index in [2.05, 4.69) is 25.1 Å². The van der Waals surface area contributed by atoms with Gasteiger partial charge >= 0.3 is 0 Å². The lowest BCUT2D eigenvalue weighted by Crippen LogP contribution is -2.46. The Bertz CT molecular complexity index is 851. The first-order valence-electron chi connectivity index (χ1n) is 8.69. The number of benzene rings is 1. The molecule has 6 nitrogen and oxygen atoms in total. The monoisotopic (exact) mass is 370 g/mol. The highest BCUT2D eigenvalue weighted by Gasteiger charge is 2.20. The molecule has 7 heteroatoms. The fraction of sp³-hybridized carbons (Fsp3) is 0.368. The van der Waals surface area contributed by atoms with Crippen molar-refractivity contribution in [2.45, 2.75) is 13.5 Å². The third-order valence-corrected chi connectivity index (χ3v) is 5.54. The highest BCUT2D eigenvalue weighted by Crippen LogP contribution is 2.24. The van der Waals surface area contributed by atoms with Gasteiger partial charge in [0.1, 0.15) is 12.0 Å². The molecule has 136 valence electrons. The van der Waals surface area contributed by atoms with E-state index in [4.69, 9.17) is 9.15 Å². The molecule has 1 fully saturated rings. The summed E-state index contributed by atoms with van der Waals surface area (Å²) in [6, 6.07) is 7.75. The van der Waals surface area contributed by atoms with Crippen LogP contribution in [0.5, 0.6) is 5.75 Å². The van der Waals surface area contributed by atoms with Crippen LogP contribution in [-0.2, 0) is 6.54 Å². The number of nitrogens with zero attached hydrogens (tertiary/aromatic N) is 4. The number of rotatable bonds is 5. The van der Waals surface area contributed by atoms with Crippen LogP contribution in [0.2, 0.25) is 0 Å². The highest BCUT2D eigenvalue weighted by molar-refractivity contribution is 7.13. The van der Waals surface area contributed by atoms with Crippen molar-refractivity contribution in [2.24, 2.45) is 0 Å². The van der Waals surface area contributed by atoms with E-state index in [-0.39, 0.29) is 0 Å². The maximum absolute atomic E-state index is 5.66. The molecule has 2 aromatic heterocycles. The summed E-state index contributed by atoms with van der Waals surface area (Å²) in [7, 11) is 1.66. The zero-order valence-corrected chi connectivity index (χ0v) is 15.8. The molecule has 0 atom stereocenters. The molecule has 0 amide bonds. The Morgan fingerprint density at radius 3 is 2.54 bits per heavy atom. The van der Waals surface area contributed by atoms with Crippen LogP contribution < -0.4 is 9.64 Å². The summed E-state index contributed by atoms with van der Waals surface area (Å²) < 4.78 is 10.8. The second kappa shape index (κ2) is 7.47. The summed E-state index contributed by atoms with van der Waals surface area (Å²) in [5.74, 6) is 1.48. The van der Waals surface area contributed by atoms with Gasteiger partial charge in [0, 0.05) is 43.7 Å². The summed E-state index contributed by atoms with van der Waals surface area (Å²) in [6.45, 7) is 6.85. The Kier molecular flexibility index (Phi) is 4.90. The van der Waals surface area contributed by atoms with Crippen LogP contribution in [0.4, 0.5) is 5.13 Å². The number of hydrogen-bond donors (Lipinski definition) is 0. The maximum atomic E-state index is 5.66. The third kappa shape index (κ3) is 3.73. The molecule has 0 radical (unpaired) electrons. The van der Waals surface area contributed by atoms with Crippen molar-refractivity contribution in [2.75, 3.05) is 38.2 Å². The average molecular weight is 370 g/mol. The van der Waals surface area contributed by atoms with Crippen LogP contribution in [0.25, 0.3) is 11.5 Å². The fourth-order valence-corrected chi connectivity index (χ4v) is 3.92. The highest BCUT2D eigenvalue weighted by atomic mass is 32.1. The van der Waals surface area contributed by atoms with Gasteiger partial charge in [-0.25, -0.2) is 9.97 Å². The predicted molar refractivity (Wildman–Crippen MR) is 103 cm³/mol. The van der Waals surface area contributed by atoms with Crippen molar-refractivity contribution in [3.63, 3.8) is 0 Å². The number of hydrogen-bond acceptors (Lipinski definition) is 7. The van der Waals surface area contributed by atoms with Gasteiger partial charge in [-0.1, -0.05) is 0 Å². The Morgan fingerprint density at radius 2 is 1.88 bits per heavy atom. The first-order valence-corrected chi connectivity index (χ1v) is 9.57. The van der Waals surface area contributed by atoms with Gasteiger partial charge in [-0.3, -0.25) is 4.90 Å². The van der Waals surface area contributed by atoms with Crippen LogP contribution >= 0.6 is 11.3 Å². The summed E-state index contributed by atoms with van der Waals surface area (Å²) in [5.41, 5.74) is 3.02. The minimum atomic E-state index is 0.652. The first-order chi connectivity index (χ1) is 12.7. The number of piperazine rings is 1. The molecule has 0 aliphatic carbocycles. The SMILES string of the molecule is COc1ccc(-c2nc(CN3CCN(c4nc(C)cs4)CC3)co2)cc1. The predicted octanol–water partition coefficient (Wildman–Crippen LogP) is 3.44. The van der Waals surface area contributed by atoms with Crippen molar-refractivity contribution in [3.8, 4) is 17.2 Å². The van der Waals surface area contributed by atoms with Crippen LogP contribution in [-0.4, -0.2) is 48.2 Å². The van der Waals surface area contributed by atoms with E-state index in [9.17, 15) is 0 Å². The number of anilines is 1. The number of thiazole rings is 1. The van der Waals surface area contributed by atoms with Gasteiger partial charge in [0.25, 0.3) is 0 Å². The van der Waals surface area contributed by atoms with Gasteiger partial charge in [0.15, 0.2) is 5.13 Å². The number of aryl methyl sites for hydroxylation is 1. The standard InChI is InChI=1S/C19H22N4O2S/c1-14-13-26-19(20-14)23-9-7-22(8-10-23)11-16-12-25-18(21-16)15-3-5-17(24-2)6-4-15/h3-6,12-13H,7-11H2,1-2H3. The summed E-state index contributed by atoms with van der Waals surface area (Å²) in [6.07, 6.45) is 1.76. The lowest BCUT2D eigenvalue weighted by atomic mass is 10.2. The van der Waals surface area contributed by atoms with E-state index >= 15 is 0 Å². The number of oxazole rings is 1. The zero-order chi connectivity index (χ0) is 17.9. The molecule has 3 aromatic rings. The van der Waals surface area contributed by atoms with Crippen LogP contribution in [0.15, 0.2) is 40.3 Å². The number of methoxy groups -OCH3 is 1. The average Bonchev–Trinajstić information content (AvgIpc) is 3.32. The van der Waals surface area contributed by atoms with E-state index in [0.717, 1.165) is 60.6 Å². The van der Waals surface area contributed by atoms with E-state index in [1.54, 1.807) is 24.7 Å². The quantitative estimate of drug-likeness (QED) is 0.686. The summed E-state index contributed by atoms with van der Waals surface area (Å²) >= 11 is 1.72. The van der Waals surface area contributed by atoms with Crippen LogP contribution in [0.3, 0.4) is 0 Å². The Morgan fingerprint density at radius 1 is 1.12 bits per heavy atom. The van der Waals surface area contributed by atoms with Gasteiger partial charge in [-0.15, -0.1) is 11.3 Å². The topological polar surface area (TPSA) is 54.6 Å².